The minimum absolute atomic E-state index is 0.0547. The predicted molar refractivity (Wildman–Crippen MR) is 93.0 cm³/mol. The molecule has 1 unspecified atom stereocenters. The van der Waals surface area contributed by atoms with Gasteiger partial charge in [-0.25, -0.2) is 13.4 Å². The summed E-state index contributed by atoms with van der Waals surface area (Å²) in [5, 5.41) is 3.16. The molecule has 0 bridgehead atoms. The number of amides is 1. The van der Waals surface area contributed by atoms with E-state index in [-0.39, 0.29) is 23.5 Å². The first-order valence-corrected chi connectivity index (χ1v) is 9.99. The van der Waals surface area contributed by atoms with Crippen molar-refractivity contribution in [2.24, 2.45) is 0 Å². The van der Waals surface area contributed by atoms with Crippen LogP contribution in [0.15, 0.2) is 18.3 Å². The molecule has 0 aliphatic carbocycles. The molecule has 1 aromatic heterocycles. The van der Waals surface area contributed by atoms with Crippen LogP contribution in [0.1, 0.15) is 30.1 Å². The van der Waals surface area contributed by atoms with Gasteiger partial charge in [0, 0.05) is 39.0 Å². The smallest absolute Gasteiger partial charge is 0.255 e. The molecule has 0 spiro atoms. The van der Waals surface area contributed by atoms with Gasteiger partial charge in [0.1, 0.15) is 5.82 Å². The Labute approximate surface area is 143 Å². The van der Waals surface area contributed by atoms with Gasteiger partial charge < -0.3 is 15.0 Å². The number of pyridine rings is 1. The molecule has 1 aliphatic heterocycles. The lowest BCUT2D eigenvalue weighted by molar-refractivity contribution is 0.0708. The van der Waals surface area contributed by atoms with Gasteiger partial charge >= 0.3 is 0 Å². The topological polar surface area (TPSA) is 88.6 Å². The first kappa shape index (κ1) is 18.7. The van der Waals surface area contributed by atoms with E-state index < -0.39 is 9.84 Å². The fraction of sp³-hybridized carbons (Fsp3) is 0.625. The maximum absolute atomic E-state index is 12.6. The largest absolute Gasteiger partial charge is 0.385 e. The second-order valence-corrected chi connectivity index (χ2v) is 8.08. The minimum Gasteiger partial charge on any atom is -0.385 e. The van der Waals surface area contributed by atoms with Crippen molar-refractivity contribution in [2.75, 3.05) is 43.6 Å². The summed E-state index contributed by atoms with van der Waals surface area (Å²) in [6.07, 6.45) is 2.92. The third-order valence-corrected chi connectivity index (χ3v) is 5.84. The third-order valence-electron chi connectivity index (χ3n) is 4.09. The zero-order valence-corrected chi connectivity index (χ0v) is 15.0. The summed E-state index contributed by atoms with van der Waals surface area (Å²) in [4.78, 5) is 18.5. The molecule has 1 fully saturated rings. The summed E-state index contributed by atoms with van der Waals surface area (Å²) in [7, 11) is -1.36. The molecule has 1 N–H and O–H groups in total. The number of anilines is 1. The van der Waals surface area contributed by atoms with Crippen LogP contribution in [0.5, 0.6) is 0 Å². The van der Waals surface area contributed by atoms with Gasteiger partial charge in [-0.3, -0.25) is 4.79 Å². The number of ether oxygens (including phenoxy) is 1. The van der Waals surface area contributed by atoms with Gasteiger partial charge in [0.25, 0.3) is 5.91 Å². The van der Waals surface area contributed by atoms with E-state index in [4.69, 9.17) is 4.74 Å². The van der Waals surface area contributed by atoms with E-state index in [1.807, 2.05) is 6.92 Å². The summed E-state index contributed by atoms with van der Waals surface area (Å²) >= 11 is 0. The van der Waals surface area contributed by atoms with Crippen LogP contribution in [-0.4, -0.2) is 68.6 Å². The number of aromatic nitrogens is 1. The monoisotopic (exact) mass is 355 g/mol. The van der Waals surface area contributed by atoms with Crippen molar-refractivity contribution in [3.8, 4) is 0 Å². The summed E-state index contributed by atoms with van der Waals surface area (Å²) in [5.74, 6) is 0.746. The van der Waals surface area contributed by atoms with E-state index in [1.165, 1.54) is 6.20 Å². The molecular weight excluding hydrogens is 330 g/mol. The Morgan fingerprint density at radius 2 is 2.25 bits per heavy atom. The molecule has 1 atom stereocenters. The van der Waals surface area contributed by atoms with Crippen LogP contribution < -0.4 is 5.32 Å². The van der Waals surface area contributed by atoms with Crippen molar-refractivity contribution in [2.45, 2.75) is 25.8 Å². The number of hydrogen-bond donors (Lipinski definition) is 1. The molecule has 0 aromatic carbocycles. The summed E-state index contributed by atoms with van der Waals surface area (Å²) in [5.41, 5.74) is 0.476. The zero-order valence-electron chi connectivity index (χ0n) is 14.2. The van der Waals surface area contributed by atoms with Crippen molar-refractivity contribution in [1.82, 2.24) is 9.88 Å². The van der Waals surface area contributed by atoms with Gasteiger partial charge in [-0.1, -0.05) is 0 Å². The molecule has 24 heavy (non-hydrogen) atoms. The lowest BCUT2D eigenvalue weighted by Crippen LogP contribution is -2.41. The van der Waals surface area contributed by atoms with Crippen LogP contribution in [0.25, 0.3) is 0 Å². The highest BCUT2D eigenvalue weighted by molar-refractivity contribution is 7.91. The molecule has 2 rings (SSSR count). The minimum atomic E-state index is -3.02. The van der Waals surface area contributed by atoms with E-state index >= 15 is 0 Å². The SMILES string of the molecule is CCN(C(=O)c1ccc(NCCCOC)nc1)C1CCS(=O)(=O)C1. The van der Waals surface area contributed by atoms with Gasteiger partial charge in [-0.15, -0.1) is 0 Å². The highest BCUT2D eigenvalue weighted by atomic mass is 32.2. The van der Waals surface area contributed by atoms with Gasteiger partial charge in [-0.2, -0.15) is 0 Å². The van der Waals surface area contributed by atoms with Crippen molar-refractivity contribution < 1.29 is 17.9 Å². The highest BCUT2D eigenvalue weighted by Gasteiger charge is 2.34. The third kappa shape index (κ3) is 4.91. The van der Waals surface area contributed by atoms with Crippen LogP contribution in [0, 0.1) is 0 Å². The van der Waals surface area contributed by atoms with Crippen LogP contribution in [-0.2, 0) is 14.6 Å². The van der Waals surface area contributed by atoms with Crippen LogP contribution in [0.4, 0.5) is 5.82 Å². The number of hydrogen-bond acceptors (Lipinski definition) is 6. The van der Waals surface area contributed by atoms with E-state index in [9.17, 15) is 13.2 Å². The summed E-state index contributed by atoms with van der Waals surface area (Å²) in [6.45, 7) is 3.77. The maximum atomic E-state index is 12.6. The van der Waals surface area contributed by atoms with Gasteiger partial charge in [0.2, 0.25) is 0 Å². The molecule has 1 amide bonds. The van der Waals surface area contributed by atoms with Crippen LogP contribution in [0.3, 0.4) is 0 Å². The quantitative estimate of drug-likeness (QED) is 0.705. The second-order valence-electron chi connectivity index (χ2n) is 5.85. The standard InChI is InChI=1S/C16H25N3O4S/c1-3-19(14-7-10-24(21,22)12-14)16(20)13-5-6-15(18-11-13)17-8-4-9-23-2/h5-6,11,14H,3-4,7-10,12H2,1-2H3,(H,17,18). The normalized spacial score (nSPS) is 19.2. The molecule has 7 nitrogen and oxygen atoms in total. The Kier molecular flexibility index (Phi) is 6.56. The number of sulfone groups is 1. The fourth-order valence-corrected chi connectivity index (χ4v) is 4.54. The average molecular weight is 355 g/mol. The van der Waals surface area contributed by atoms with E-state index in [1.54, 1.807) is 24.1 Å². The number of methoxy groups -OCH3 is 1. The lowest BCUT2D eigenvalue weighted by atomic mass is 10.1. The predicted octanol–water partition coefficient (Wildman–Crippen LogP) is 1.18. The lowest BCUT2D eigenvalue weighted by Gasteiger charge is -2.26. The summed E-state index contributed by atoms with van der Waals surface area (Å²) in [6, 6.07) is 3.25. The Morgan fingerprint density at radius 1 is 1.46 bits per heavy atom. The van der Waals surface area contributed by atoms with Gasteiger partial charge in [0.05, 0.1) is 17.1 Å². The fourth-order valence-electron chi connectivity index (χ4n) is 2.81. The molecular formula is C16H25N3O4S. The average Bonchev–Trinajstić information content (AvgIpc) is 2.92. The van der Waals surface area contributed by atoms with Crippen molar-refractivity contribution in [1.29, 1.82) is 0 Å². The van der Waals surface area contributed by atoms with Crippen molar-refractivity contribution in [3.05, 3.63) is 23.9 Å². The maximum Gasteiger partial charge on any atom is 0.255 e. The first-order valence-electron chi connectivity index (χ1n) is 8.17. The molecule has 1 aliphatic rings. The molecule has 0 radical (unpaired) electrons. The highest BCUT2D eigenvalue weighted by Crippen LogP contribution is 2.20. The van der Waals surface area contributed by atoms with E-state index in [2.05, 4.69) is 10.3 Å². The number of carbonyl (C=O) groups excluding carboxylic acids is 1. The number of nitrogens with one attached hydrogen (secondary N) is 1. The molecule has 2 heterocycles. The molecule has 0 saturated carbocycles. The molecule has 1 aromatic rings. The Hall–Kier alpha value is -1.67. The number of carbonyl (C=O) groups is 1. The zero-order chi connectivity index (χ0) is 17.6. The van der Waals surface area contributed by atoms with Crippen molar-refractivity contribution in [3.63, 3.8) is 0 Å². The Balaban J connectivity index is 1.98. The summed E-state index contributed by atoms with van der Waals surface area (Å²) < 4.78 is 28.3. The molecule has 8 heteroatoms. The van der Waals surface area contributed by atoms with Crippen LogP contribution in [0.2, 0.25) is 0 Å². The second kappa shape index (κ2) is 8.43. The molecule has 1 saturated heterocycles. The Morgan fingerprint density at radius 3 is 2.79 bits per heavy atom. The van der Waals surface area contributed by atoms with E-state index in [0.29, 0.717) is 31.0 Å². The van der Waals surface area contributed by atoms with Gasteiger partial charge in [-0.05, 0) is 31.9 Å². The Bertz CT molecular complexity index is 646. The molecule has 134 valence electrons. The number of rotatable bonds is 8. The van der Waals surface area contributed by atoms with Crippen molar-refractivity contribution >= 4 is 21.6 Å². The number of nitrogens with zero attached hydrogens (tertiary/aromatic N) is 2. The van der Waals surface area contributed by atoms with E-state index in [0.717, 1.165) is 13.0 Å². The first-order chi connectivity index (χ1) is 11.5. The van der Waals surface area contributed by atoms with Gasteiger partial charge in [0.15, 0.2) is 9.84 Å². The van der Waals surface area contributed by atoms with Crippen LogP contribution >= 0.6 is 0 Å².